The largest absolute Gasteiger partial charge is 0.541 e. The molecule has 1 aromatic rings. The minimum atomic E-state index is -5.41. The molecule has 0 radical (unpaired) electrons. The zero-order chi connectivity index (χ0) is 21.1. The zero-order valence-electron chi connectivity index (χ0n) is 14.3. The Balaban J connectivity index is 1.81. The molecular weight excluding hydrogens is 740 g/mol. The van der Waals surface area contributed by atoms with E-state index in [2.05, 4.69) is 72.5 Å². The minimum absolute atomic E-state index is 0.0703. The first-order chi connectivity index (χ1) is 12.9. The molecule has 0 aromatic heterocycles. The van der Waals surface area contributed by atoms with Crippen LogP contribution in [-0.4, -0.2) is 32.5 Å². The SMILES string of the molecule is O=C(OC1CCC(CC[N-]S(=O)(=O)C(F)(F)F)CC1)c1cc(I)cc(I)c1I. The Morgan fingerprint density at radius 2 is 1.75 bits per heavy atom. The monoisotopic (exact) mass is 756 g/mol. The Hall–Kier alpha value is 0.580. The van der Waals surface area contributed by atoms with Crippen LogP contribution in [0.2, 0.25) is 0 Å². The van der Waals surface area contributed by atoms with Crippen molar-refractivity contribution in [1.29, 1.82) is 0 Å². The lowest BCUT2D eigenvalue weighted by Crippen LogP contribution is -2.26. The summed E-state index contributed by atoms with van der Waals surface area (Å²) < 4.78 is 69.8. The van der Waals surface area contributed by atoms with E-state index < -0.39 is 15.5 Å². The molecule has 1 aromatic carbocycles. The highest BCUT2D eigenvalue weighted by Crippen LogP contribution is 2.32. The molecule has 1 aliphatic carbocycles. The zero-order valence-corrected chi connectivity index (χ0v) is 21.6. The van der Waals surface area contributed by atoms with Crippen LogP contribution in [0.3, 0.4) is 0 Å². The Labute approximate surface area is 202 Å². The van der Waals surface area contributed by atoms with Gasteiger partial charge in [0.2, 0.25) is 0 Å². The summed E-state index contributed by atoms with van der Waals surface area (Å²) in [7, 11) is -5.41. The molecule has 0 bridgehead atoms. The molecule has 0 unspecified atom stereocenters. The van der Waals surface area contributed by atoms with E-state index in [-0.39, 0.29) is 31.0 Å². The first-order valence-corrected chi connectivity index (χ1v) is 12.9. The number of carbonyl (C=O) groups is 1. The summed E-state index contributed by atoms with van der Waals surface area (Å²) in [4.78, 5) is 12.5. The molecule has 1 fully saturated rings. The van der Waals surface area contributed by atoms with Crippen molar-refractivity contribution in [1.82, 2.24) is 0 Å². The van der Waals surface area contributed by atoms with Crippen molar-refractivity contribution >= 4 is 83.8 Å². The van der Waals surface area contributed by atoms with Gasteiger partial charge in [-0.25, -0.2) is 13.2 Å². The van der Waals surface area contributed by atoms with Gasteiger partial charge in [-0.15, -0.1) is 6.54 Å². The van der Waals surface area contributed by atoms with Gasteiger partial charge < -0.3 is 9.46 Å². The lowest BCUT2D eigenvalue weighted by molar-refractivity contribution is -0.0427. The number of hydrogen-bond donors (Lipinski definition) is 0. The molecule has 28 heavy (non-hydrogen) atoms. The first kappa shape index (κ1) is 24.8. The third kappa shape index (κ3) is 6.80. The van der Waals surface area contributed by atoms with Crippen molar-refractivity contribution in [2.45, 2.75) is 43.7 Å². The van der Waals surface area contributed by atoms with Gasteiger partial charge in [-0.1, -0.05) is 6.42 Å². The number of hydrogen-bond acceptors (Lipinski definition) is 4. The van der Waals surface area contributed by atoms with E-state index in [1.54, 1.807) is 6.07 Å². The predicted octanol–water partition coefficient (Wildman–Crippen LogP) is 5.83. The van der Waals surface area contributed by atoms with Crippen molar-refractivity contribution < 1.29 is 31.1 Å². The van der Waals surface area contributed by atoms with Crippen LogP contribution in [0.4, 0.5) is 13.2 Å². The molecule has 0 amide bonds. The van der Waals surface area contributed by atoms with Crippen LogP contribution in [0.1, 0.15) is 42.5 Å². The number of sulfonamides is 1. The van der Waals surface area contributed by atoms with E-state index in [9.17, 15) is 26.4 Å². The van der Waals surface area contributed by atoms with Gasteiger partial charge in [0.1, 0.15) is 6.10 Å². The van der Waals surface area contributed by atoms with Crippen molar-refractivity contribution in [3.8, 4) is 0 Å². The second kappa shape index (κ2) is 10.3. The standard InChI is InChI=1S/C16H16F3I3NO4S/c17-16(18,19)28(25,26)23-6-5-9-1-3-11(4-2-9)27-15(24)12-7-10(20)8-13(21)14(12)22/h7-9,11H,1-6H2/q-1. The molecule has 0 aliphatic heterocycles. The summed E-state index contributed by atoms with van der Waals surface area (Å²) in [6.45, 7) is -0.379. The highest BCUT2D eigenvalue weighted by molar-refractivity contribution is 14.1. The maximum absolute atomic E-state index is 12.5. The van der Waals surface area contributed by atoms with Crippen molar-refractivity contribution in [2.24, 2.45) is 5.92 Å². The van der Waals surface area contributed by atoms with Gasteiger partial charge in [0.05, 0.1) is 5.56 Å². The van der Waals surface area contributed by atoms with Crippen LogP contribution >= 0.6 is 67.8 Å². The first-order valence-electron chi connectivity index (χ1n) is 8.26. The topological polar surface area (TPSA) is 74.5 Å². The maximum atomic E-state index is 12.5. The molecule has 0 N–H and O–H groups in total. The number of halogens is 6. The molecule has 12 heteroatoms. The van der Waals surface area contributed by atoms with Crippen LogP contribution in [0.25, 0.3) is 4.72 Å². The molecule has 1 aliphatic rings. The Morgan fingerprint density at radius 1 is 1.14 bits per heavy atom. The molecule has 0 atom stereocenters. The molecule has 2 rings (SSSR count). The molecule has 0 saturated heterocycles. The van der Waals surface area contributed by atoms with E-state index in [1.165, 1.54) is 0 Å². The normalized spacial score (nSPS) is 20.8. The number of nitrogens with zero attached hydrogens (tertiary/aromatic N) is 1. The second-order valence-corrected chi connectivity index (χ2v) is 11.5. The smallest absolute Gasteiger partial charge is 0.480 e. The molecule has 0 heterocycles. The third-order valence-corrected chi connectivity index (χ3v) is 9.15. The maximum Gasteiger partial charge on any atom is 0.480 e. The van der Waals surface area contributed by atoms with Crippen LogP contribution in [0.5, 0.6) is 0 Å². The van der Waals surface area contributed by atoms with E-state index in [0.717, 1.165) is 10.7 Å². The minimum Gasteiger partial charge on any atom is -0.541 e. The fourth-order valence-electron chi connectivity index (χ4n) is 2.89. The Kier molecular flexibility index (Phi) is 9.10. The van der Waals surface area contributed by atoms with E-state index in [1.807, 2.05) is 6.07 Å². The highest BCUT2D eigenvalue weighted by atomic mass is 127. The average molecular weight is 756 g/mol. The summed E-state index contributed by atoms with van der Waals surface area (Å²) in [6.07, 6.45) is 2.52. The van der Waals surface area contributed by atoms with Crippen LogP contribution in [-0.2, 0) is 14.8 Å². The lowest BCUT2D eigenvalue weighted by Gasteiger charge is -2.30. The van der Waals surface area contributed by atoms with Gasteiger partial charge in [0.15, 0.2) is 10.0 Å². The van der Waals surface area contributed by atoms with Crippen LogP contribution < -0.4 is 0 Å². The van der Waals surface area contributed by atoms with Crippen molar-refractivity contribution in [3.63, 3.8) is 0 Å². The second-order valence-electron chi connectivity index (χ2n) is 6.36. The summed E-state index contributed by atoms with van der Waals surface area (Å²) in [5, 5.41) is 0. The van der Waals surface area contributed by atoms with Gasteiger partial charge in [-0.2, -0.15) is 13.2 Å². The molecule has 1 saturated carbocycles. The lowest BCUT2D eigenvalue weighted by atomic mass is 9.85. The van der Waals surface area contributed by atoms with Crippen LogP contribution in [0, 0.1) is 16.6 Å². The molecule has 0 spiro atoms. The number of carbonyl (C=O) groups excluding carboxylic acids is 1. The quantitative estimate of drug-likeness (QED) is 0.208. The number of rotatable bonds is 6. The number of esters is 1. The average Bonchev–Trinajstić information content (AvgIpc) is 2.58. The van der Waals surface area contributed by atoms with Gasteiger partial charge >= 0.3 is 11.5 Å². The van der Waals surface area contributed by atoms with E-state index in [4.69, 9.17) is 4.74 Å². The predicted molar refractivity (Wildman–Crippen MR) is 124 cm³/mol. The summed E-state index contributed by atoms with van der Waals surface area (Å²) in [6, 6.07) is 3.75. The molecular formula is C16H16F3I3NO4S-. The van der Waals surface area contributed by atoms with E-state index in [0.29, 0.717) is 31.2 Å². The van der Waals surface area contributed by atoms with Gasteiger partial charge in [0, 0.05) is 10.7 Å². The Bertz CT molecular complexity index is 825. The number of benzene rings is 1. The Morgan fingerprint density at radius 3 is 2.32 bits per heavy atom. The summed E-state index contributed by atoms with van der Waals surface area (Å²) in [5.74, 6) is -0.309. The van der Waals surface area contributed by atoms with Crippen LogP contribution in [0.15, 0.2) is 12.1 Å². The number of ether oxygens (including phenoxy) is 1. The third-order valence-electron chi connectivity index (χ3n) is 4.37. The van der Waals surface area contributed by atoms with Gasteiger partial charge in [0.25, 0.3) is 0 Å². The fourth-order valence-corrected chi connectivity index (χ4v) is 5.75. The van der Waals surface area contributed by atoms with Crippen molar-refractivity contribution in [2.75, 3.05) is 6.54 Å². The van der Waals surface area contributed by atoms with Gasteiger partial charge in [-0.3, -0.25) is 0 Å². The van der Waals surface area contributed by atoms with Crippen molar-refractivity contribution in [3.05, 3.63) is 33.1 Å². The summed E-state index contributed by atoms with van der Waals surface area (Å²) >= 11 is 6.41. The van der Waals surface area contributed by atoms with Gasteiger partial charge in [-0.05, 0) is 112 Å². The molecule has 5 nitrogen and oxygen atoms in total. The molecule has 158 valence electrons. The fraction of sp³-hybridized carbons (Fsp3) is 0.562. The van der Waals surface area contributed by atoms with E-state index >= 15 is 0 Å². The summed E-state index contributed by atoms with van der Waals surface area (Å²) in [5.41, 5.74) is -4.82. The highest BCUT2D eigenvalue weighted by Gasteiger charge is 2.38. The number of alkyl halides is 3.